The lowest BCUT2D eigenvalue weighted by Crippen LogP contribution is -2.11. The molecular formula is C45H37N3. The van der Waals surface area contributed by atoms with E-state index >= 15 is 0 Å². The summed E-state index contributed by atoms with van der Waals surface area (Å²) in [6.07, 6.45) is 9.43. The Balaban J connectivity index is 1.03. The minimum Gasteiger partial charge on any atom is -0.295 e. The maximum absolute atomic E-state index is 4.95. The first-order valence-electron chi connectivity index (χ1n) is 17.2. The van der Waals surface area contributed by atoms with Crippen LogP contribution in [0.1, 0.15) is 37.2 Å². The van der Waals surface area contributed by atoms with E-state index in [4.69, 9.17) is 4.98 Å². The van der Waals surface area contributed by atoms with Crippen LogP contribution in [0.4, 0.5) is 17.2 Å². The van der Waals surface area contributed by atoms with Gasteiger partial charge in [0.25, 0.3) is 0 Å². The average Bonchev–Trinajstić information content (AvgIpc) is 3.81. The van der Waals surface area contributed by atoms with Gasteiger partial charge in [-0.3, -0.25) is 9.88 Å². The average molecular weight is 620 g/mol. The molecule has 48 heavy (non-hydrogen) atoms. The Morgan fingerprint density at radius 3 is 1.77 bits per heavy atom. The van der Waals surface area contributed by atoms with E-state index in [1.807, 2.05) is 30.6 Å². The summed E-state index contributed by atoms with van der Waals surface area (Å²) in [4.78, 5) is 11.7. The summed E-state index contributed by atoms with van der Waals surface area (Å²) in [5.41, 5.74) is 10.4. The van der Waals surface area contributed by atoms with Crippen molar-refractivity contribution in [3.63, 3.8) is 0 Å². The molecule has 0 saturated heterocycles. The maximum Gasteiger partial charge on any atom is 0.137 e. The second kappa shape index (κ2) is 12.2. The van der Waals surface area contributed by atoms with Gasteiger partial charge in [-0.15, -0.1) is 0 Å². The highest BCUT2D eigenvalue weighted by Crippen LogP contribution is 2.53. The van der Waals surface area contributed by atoms with Crippen LogP contribution in [0, 0.1) is 11.8 Å². The molecule has 0 N–H and O–H groups in total. The summed E-state index contributed by atoms with van der Waals surface area (Å²) in [5.74, 6) is 3.49. The summed E-state index contributed by atoms with van der Waals surface area (Å²) >= 11 is 0. The van der Waals surface area contributed by atoms with Gasteiger partial charge in [0.15, 0.2) is 0 Å². The van der Waals surface area contributed by atoms with Crippen molar-refractivity contribution in [3.8, 4) is 33.5 Å². The fourth-order valence-electron chi connectivity index (χ4n) is 8.17. The normalized spacial score (nSPS) is 18.3. The predicted molar refractivity (Wildman–Crippen MR) is 199 cm³/mol. The van der Waals surface area contributed by atoms with Crippen molar-refractivity contribution >= 4 is 28.0 Å². The number of pyridine rings is 2. The fraction of sp³-hybridized carbons (Fsp3) is 0.156. The molecule has 3 unspecified atom stereocenters. The van der Waals surface area contributed by atoms with Crippen molar-refractivity contribution in [2.24, 2.45) is 11.8 Å². The minimum absolute atomic E-state index is 0.762. The Morgan fingerprint density at radius 1 is 0.500 bits per heavy atom. The van der Waals surface area contributed by atoms with Gasteiger partial charge in [-0.1, -0.05) is 97.4 Å². The highest BCUT2D eigenvalue weighted by molar-refractivity contribution is 5.88. The minimum atomic E-state index is 0.762. The first-order chi connectivity index (χ1) is 23.7. The van der Waals surface area contributed by atoms with Crippen LogP contribution in [0.15, 0.2) is 158 Å². The lowest BCUT2D eigenvalue weighted by atomic mass is 9.83. The van der Waals surface area contributed by atoms with Crippen LogP contribution < -0.4 is 4.90 Å². The largest absolute Gasteiger partial charge is 0.295 e. The van der Waals surface area contributed by atoms with Crippen LogP contribution in [0.5, 0.6) is 0 Å². The molecule has 0 amide bonds. The number of anilines is 3. The third kappa shape index (κ3) is 5.46. The summed E-state index contributed by atoms with van der Waals surface area (Å²) < 4.78 is 0. The van der Waals surface area contributed by atoms with E-state index in [1.165, 1.54) is 64.3 Å². The molecule has 2 fully saturated rings. The van der Waals surface area contributed by atoms with Gasteiger partial charge in [0.05, 0.1) is 5.69 Å². The van der Waals surface area contributed by atoms with Crippen molar-refractivity contribution in [2.45, 2.75) is 31.6 Å². The lowest BCUT2D eigenvalue weighted by molar-refractivity contribution is 0.420. The van der Waals surface area contributed by atoms with Gasteiger partial charge in [-0.05, 0) is 130 Å². The van der Waals surface area contributed by atoms with Crippen LogP contribution in [0.25, 0.3) is 44.3 Å². The number of aromatic nitrogens is 2. The molecule has 3 nitrogen and oxygen atoms in total. The van der Waals surface area contributed by atoms with Crippen molar-refractivity contribution < 1.29 is 0 Å². The number of nitrogens with zero attached hydrogens (tertiary/aromatic N) is 3. The summed E-state index contributed by atoms with van der Waals surface area (Å²) in [7, 11) is 0. The number of hydrogen-bond acceptors (Lipinski definition) is 3. The molecule has 5 aromatic carbocycles. The highest BCUT2D eigenvalue weighted by Gasteiger charge is 2.39. The zero-order chi connectivity index (χ0) is 31.9. The monoisotopic (exact) mass is 619 g/mol. The summed E-state index contributed by atoms with van der Waals surface area (Å²) in [6.45, 7) is 0. The smallest absolute Gasteiger partial charge is 0.137 e. The number of benzene rings is 5. The van der Waals surface area contributed by atoms with Gasteiger partial charge in [0.2, 0.25) is 0 Å². The van der Waals surface area contributed by atoms with E-state index in [0.717, 1.165) is 46.2 Å². The predicted octanol–water partition coefficient (Wildman–Crippen LogP) is 12.0. The third-order valence-electron chi connectivity index (χ3n) is 10.7. The quantitative estimate of drug-likeness (QED) is 0.178. The van der Waals surface area contributed by atoms with E-state index in [2.05, 4.69) is 137 Å². The van der Waals surface area contributed by atoms with Crippen molar-refractivity contribution in [2.75, 3.05) is 4.90 Å². The Bertz CT molecular complexity index is 2170. The van der Waals surface area contributed by atoms with Gasteiger partial charge in [0, 0.05) is 29.3 Å². The molecule has 2 bridgehead atoms. The Labute approximate surface area is 282 Å². The molecule has 2 aliphatic carbocycles. The SMILES string of the molecule is c1ccc(-c2ccc(N(c3ccc(-c4ccc(C5CC6CCC5C6)cc4)cc3)c3ccc(-c4ccc5ccccc5c4)cc3)nc2)nc1. The Kier molecular flexibility index (Phi) is 7.31. The zero-order valence-electron chi connectivity index (χ0n) is 26.9. The standard InChI is InChI=1S/C45H37N3/c1-2-6-37-29-38(15-12-32(37)5-1)35-18-23-42(24-19-35)48(45-25-20-40(30-47-45)44-7-3-4-26-46-44)41-21-16-34(17-22-41)33-10-13-36(14-11-33)43-28-31-8-9-39(43)27-31/h1-7,10-26,29-31,39,43H,8-9,27-28H2. The highest BCUT2D eigenvalue weighted by atomic mass is 15.2. The molecule has 0 radical (unpaired) electrons. The number of fused-ring (bicyclic) bond motifs is 3. The maximum atomic E-state index is 4.95. The topological polar surface area (TPSA) is 29.0 Å². The van der Waals surface area contributed by atoms with E-state index in [-0.39, 0.29) is 0 Å². The number of hydrogen-bond donors (Lipinski definition) is 0. The zero-order valence-corrected chi connectivity index (χ0v) is 26.9. The fourth-order valence-corrected chi connectivity index (χ4v) is 8.17. The molecule has 9 rings (SSSR count). The first kappa shape index (κ1) is 28.7. The molecule has 0 spiro atoms. The van der Waals surface area contributed by atoms with E-state index in [9.17, 15) is 0 Å². The van der Waals surface area contributed by atoms with Crippen molar-refractivity contribution in [3.05, 3.63) is 164 Å². The van der Waals surface area contributed by atoms with Crippen molar-refractivity contribution in [1.29, 1.82) is 0 Å². The van der Waals surface area contributed by atoms with Gasteiger partial charge in [-0.25, -0.2) is 4.98 Å². The van der Waals surface area contributed by atoms with Crippen LogP contribution in [-0.2, 0) is 0 Å². The van der Waals surface area contributed by atoms with E-state index < -0.39 is 0 Å². The Hall–Kier alpha value is -5.54. The van der Waals surface area contributed by atoms with Crippen molar-refractivity contribution in [1.82, 2.24) is 9.97 Å². The van der Waals surface area contributed by atoms with E-state index in [0.29, 0.717) is 0 Å². The lowest BCUT2D eigenvalue weighted by Gasteiger charge is -2.25. The second-order valence-electron chi connectivity index (χ2n) is 13.5. The second-order valence-corrected chi connectivity index (χ2v) is 13.5. The molecule has 232 valence electrons. The summed E-state index contributed by atoms with van der Waals surface area (Å²) in [5, 5.41) is 2.50. The third-order valence-corrected chi connectivity index (χ3v) is 10.7. The van der Waals surface area contributed by atoms with Gasteiger partial charge in [0.1, 0.15) is 5.82 Å². The van der Waals surface area contributed by atoms with Crippen LogP contribution in [0.2, 0.25) is 0 Å². The molecule has 2 saturated carbocycles. The van der Waals surface area contributed by atoms with Gasteiger partial charge in [-0.2, -0.15) is 0 Å². The van der Waals surface area contributed by atoms with Crippen LogP contribution >= 0.6 is 0 Å². The molecule has 7 aromatic rings. The van der Waals surface area contributed by atoms with E-state index in [1.54, 1.807) is 0 Å². The van der Waals surface area contributed by atoms with Crippen LogP contribution in [0.3, 0.4) is 0 Å². The molecule has 2 aromatic heterocycles. The van der Waals surface area contributed by atoms with Gasteiger partial charge < -0.3 is 0 Å². The van der Waals surface area contributed by atoms with Gasteiger partial charge >= 0.3 is 0 Å². The summed E-state index contributed by atoms with van der Waals surface area (Å²) in [6, 6.07) is 52.4. The molecule has 3 atom stereocenters. The molecule has 2 heterocycles. The molecule has 0 aliphatic heterocycles. The molecular weight excluding hydrogens is 583 g/mol. The molecule has 3 heteroatoms. The number of rotatable bonds is 7. The Morgan fingerprint density at radius 2 is 1.15 bits per heavy atom. The first-order valence-corrected chi connectivity index (χ1v) is 17.2. The molecule has 2 aliphatic rings. The van der Waals surface area contributed by atoms with Crippen LogP contribution in [-0.4, -0.2) is 9.97 Å².